The summed E-state index contributed by atoms with van der Waals surface area (Å²) in [7, 11) is 1.60. The van der Waals surface area contributed by atoms with Crippen molar-refractivity contribution in [2.24, 2.45) is 0 Å². The third-order valence-electron chi connectivity index (χ3n) is 3.47. The number of hydrogen-bond acceptors (Lipinski definition) is 4. The van der Waals surface area contributed by atoms with Crippen molar-refractivity contribution in [2.75, 3.05) is 19.0 Å². The SMILES string of the molecule is COCc1csc(NC(=O)NCCc2c[nH]c3cc(F)ccc23)n1. The summed E-state index contributed by atoms with van der Waals surface area (Å²) < 4.78 is 18.1. The first-order chi connectivity index (χ1) is 11.7. The van der Waals surface area contributed by atoms with Crippen LogP contribution in [0.25, 0.3) is 10.9 Å². The number of H-pyrrole nitrogens is 1. The molecule has 3 aromatic rings. The normalized spacial score (nSPS) is 10.9. The third kappa shape index (κ3) is 3.90. The van der Waals surface area contributed by atoms with E-state index in [1.807, 2.05) is 11.6 Å². The van der Waals surface area contributed by atoms with Gasteiger partial charge in [-0.25, -0.2) is 14.2 Å². The van der Waals surface area contributed by atoms with Crippen molar-refractivity contribution in [3.8, 4) is 0 Å². The second-order valence-electron chi connectivity index (χ2n) is 5.21. The van der Waals surface area contributed by atoms with E-state index in [1.54, 1.807) is 13.2 Å². The van der Waals surface area contributed by atoms with Gasteiger partial charge in [0.1, 0.15) is 5.82 Å². The lowest BCUT2D eigenvalue weighted by atomic mass is 10.1. The average molecular weight is 348 g/mol. The van der Waals surface area contributed by atoms with E-state index < -0.39 is 0 Å². The quantitative estimate of drug-likeness (QED) is 0.640. The number of nitrogens with zero attached hydrogens (tertiary/aromatic N) is 1. The summed E-state index contributed by atoms with van der Waals surface area (Å²) in [5, 5.41) is 8.80. The first-order valence-corrected chi connectivity index (χ1v) is 8.27. The van der Waals surface area contributed by atoms with Gasteiger partial charge in [0, 0.05) is 36.1 Å². The summed E-state index contributed by atoms with van der Waals surface area (Å²) in [6.45, 7) is 0.882. The first-order valence-electron chi connectivity index (χ1n) is 7.39. The van der Waals surface area contributed by atoms with Crippen molar-refractivity contribution in [1.82, 2.24) is 15.3 Å². The number of hydrogen-bond donors (Lipinski definition) is 3. The number of urea groups is 1. The van der Waals surface area contributed by atoms with E-state index in [2.05, 4.69) is 20.6 Å². The number of thiazole rings is 1. The van der Waals surface area contributed by atoms with Crippen molar-refractivity contribution in [3.05, 3.63) is 46.9 Å². The summed E-state index contributed by atoms with van der Waals surface area (Å²) in [5.41, 5.74) is 2.56. The van der Waals surface area contributed by atoms with Crippen LogP contribution in [0.4, 0.5) is 14.3 Å². The Morgan fingerprint density at radius 3 is 3.17 bits per heavy atom. The van der Waals surface area contributed by atoms with E-state index in [4.69, 9.17) is 4.74 Å². The van der Waals surface area contributed by atoms with E-state index in [9.17, 15) is 9.18 Å². The maximum Gasteiger partial charge on any atom is 0.321 e. The molecular formula is C16H17FN4O2S. The minimum absolute atomic E-state index is 0.273. The summed E-state index contributed by atoms with van der Waals surface area (Å²) in [6.07, 6.45) is 2.48. The van der Waals surface area contributed by atoms with E-state index in [0.717, 1.165) is 22.2 Å². The number of amides is 2. The van der Waals surface area contributed by atoms with Crippen molar-refractivity contribution < 1.29 is 13.9 Å². The molecule has 0 saturated heterocycles. The zero-order chi connectivity index (χ0) is 16.9. The Balaban J connectivity index is 1.50. The Kier molecular flexibility index (Phi) is 5.07. The number of anilines is 1. The first kappa shape index (κ1) is 16.4. The Bertz CT molecular complexity index is 846. The fourth-order valence-electron chi connectivity index (χ4n) is 2.40. The number of carbonyl (C=O) groups excluding carboxylic acids is 1. The van der Waals surface area contributed by atoms with Gasteiger partial charge in [-0.15, -0.1) is 11.3 Å². The molecule has 0 saturated carbocycles. The Morgan fingerprint density at radius 2 is 2.33 bits per heavy atom. The molecule has 0 aliphatic carbocycles. The number of aromatic nitrogens is 2. The Labute approximate surface area is 142 Å². The van der Waals surface area contributed by atoms with Gasteiger partial charge in [-0.3, -0.25) is 5.32 Å². The molecule has 2 aromatic heterocycles. The molecule has 2 heterocycles. The van der Waals surface area contributed by atoms with Gasteiger partial charge >= 0.3 is 6.03 Å². The highest BCUT2D eigenvalue weighted by molar-refractivity contribution is 7.13. The average Bonchev–Trinajstić information content (AvgIpc) is 3.15. The number of carbonyl (C=O) groups is 1. The lowest BCUT2D eigenvalue weighted by molar-refractivity contribution is 0.182. The molecule has 3 rings (SSSR count). The van der Waals surface area contributed by atoms with Gasteiger partial charge in [0.2, 0.25) is 0 Å². The molecule has 6 nitrogen and oxygen atoms in total. The van der Waals surface area contributed by atoms with Gasteiger partial charge in [0.15, 0.2) is 5.13 Å². The molecule has 0 spiro atoms. The minimum atomic E-state index is -0.306. The summed E-state index contributed by atoms with van der Waals surface area (Å²) in [4.78, 5) is 19.1. The number of fused-ring (bicyclic) bond motifs is 1. The van der Waals surface area contributed by atoms with Crippen molar-refractivity contribution in [3.63, 3.8) is 0 Å². The number of nitrogens with one attached hydrogen (secondary N) is 3. The lowest BCUT2D eigenvalue weighted by Crippen LogP contribution is -2.30. The van der Waals surface area contributed by atoms with Crippen LogP contribution < -0.4 is 10.6 Å². The molecule has 0 aliphatic rings. The van der Waals surface area contributed by atoms with Gasteiger partial charge in [0.25, 0.3) is 0 Å². The van der Waals surface area contributed by atoms with Gasteiger partial charge in [-0.1, -0.05) is 0 Å². The summed E-state index contributed by atoms with van der Waals surface area (Å²) >= 11 is 1.35. The van der Waals surface area contributed by atoms with Crippen molar-refractivity contribution in [1.29, 1.82) is 0 Å². The largest absolute Gasteiger partial charge is 0.378 e. The Hall–Kier alpha value is -2.45. The Morgan fingerprint density at radius 1 is 1.46 bits per heavy atom. The number of rotatable bonds is 6. The maximum atomic E-state index is 13.2. The molecule has 126 valence electrons. The second-order valence-corrected chi connectivity index (χ2v) is 6.07. The van der Waals surface area contributed by atoms with Crippen LogP contribution in [0.15, 0.2) is 29.8 Å². The van der Waals surface area contributed by atoms with Gasteiger partial charge < -0.3 is 15.0 Å². The fraction of sp³-hybridized carbons (Fsp3) is 0.250. The predicted octanol–water partition coefficient (Wildman–Crippen LogP) is 3.27. The topological polar surface area (TPSA) is 79.0 Å². The minimum Gasteiger partial charge on any atom is -0.378 e. The van der Waals surface area contributed by atoms with E-state index in [1.165, 1.54) is 23.5 Å². The van der Waals surface area contributed by atoms with E-state index in [0.29, 0.717) is 24.7 Å². The number of aromatic amines is 1. The lowest BCUT2D eigenvalue weighted by Gasteiger charge is -2.05. The standard InChI is InChI=1S/C16H17FN4O2S/c1-23-8-12-9-24-16(20-12)21-15(22)18-5-4-10-7-19-14-6-11(17)2-3-13(10)14/h2-3,6-7,9,19H,4-5,8H2,1H3,(H2,18,20,21,22). The highest BCUT2D eigenvalue weighted by atomic mass is 32.1. The van der Waals surface area contributed by atoms with Crippen molar-refractivity contribution in [2.45, 2.75) is 13.0 Å². The highest BCUT2D eigenvalue weighted by Gasteiger charge is 2.08. The van der Waals surface area contributed by atoms with Gasteiger partial charge in [-0.05, 0) is 30.2 Å². The van der Waals surface area contributed by atoms with Crippen LogP contribution in [0.3, 0.4) is 0 Å². The molecular weight excluding hydrogens is 331 g/mol. The monoisotopic (exact) mass is 348 g/mol. The predicted molar refractivity (Wildman–Crippen MR) is 91.8 cm³/mol. The molecule has 0 bridgehead atoms. The highest BCUT2D eigenvalue weighted by Crippen LogP contribution is 2.19. The van der Waals surface area contributed by atoms with Crippen LogP contribution in [-0.4, -0.2) is 29.7 Å². The van der Waals surface area contributed by atoms with Crippen LogP contribution in [0, 0.1) is 5.82 Å². The second kappa shape index (κ2) is 7.41. The maximum absolute atomic E-state index is 13.2. The van der Waals surface area contributed by atoms with Gasteiger partial charge in [0.05, 0.1) is 12.3 Å². The molecule has 0 radical (unpaired) electrons. The van der Waals surface area contributed by atoms with Crippen LogP contribution in [0.5, 0.6) is 0 Å². The molecule has 3 N–H and O–H groups in total. The molecule has 1 aromatic carbocycles. The number of methoxy groups -OCH3 is 1. The molecule has 0 atom stereocenters. The molecule has 0 aliphatic heterocycles. The molecule has 8 heteroatoms. The van der Waals surface area contributed by atoms with E-state index >= 15 is 0 Å². The van der Waals surface area contributed by atoms with E-state index in [-0.39, 0.29) is 11.8 Å². The number of ether oxygens (including phenoxy) is 1. The van der Waals surface area contributed by atoms with Crippen LogP contribution in [0.2, 0.25) is 0 Å². The number of halogens is 1. The molecule has 0 fully saturated rings. The molecule has 0 unspecified atom stereocenters. The molecule has 2 amide bonds. The summed E-state index contributed by atoms with van der Waals surface area (Å²) in [6, 6.07) is 4.32. The van der Waals surface area contributed by atoms with Crippen LogP contribution >= 0.6 is 11.3 Å². The fourth-order valence-corrected chi connectivity index (χ4v) is 3.09. The smallest absolute Gasteiger partial charge is 0.321 e. The third-order valence-corrected chi connectivity index (χ3v) is 4.28. The van der Waals surface area contributed by atoms with Crippen LogP contribution in [0.1, 0.15) is 11.3 Å². The van der Waals surface area contributed by atoms with Gasteiger partial charge in [-0.2, -0.15) is 0 Å². The molecule has 24 heavy (non-hydrogen) atoms. The van der Waals surface area contributed by atoms with Crippen LogP contribution in [-0.2, 0) is 17.8 Å². The summed E-state index contributed by atoms with van der Waals surface area (Å²) in [5.74, 6) is -0.273. The number of benzene rings is 1. The zero-order valence-corrected chi connectivity index (χ0v) is 13.9. The van der Waals surface area contributed by atoms with Crippen molar-refractivity contribution >= 4 is 33.4 Å². The zero-order valence-electron chi connectivity index (χ0n) is 13.1.